The fourth-order valence-electron chi connectivity index (χ4n) is 3.71. The van der Waals surface area contributed by atoms with Gasteiger partial charge in [-0.25, -0.2) is 4.98 Å². The van der Waals surface area contributed by atoms with Crippen LogP contribution in [0, 0.1) is 18.8 Å². The molecule has 0 unspecified atom stereocenters. The Balaban J connectivity index is 1.71. The maximum absolute atomic E-state index is 14.7. The van der Waals surface area contributed by atoms with E-state index in [1.807, 2.05) is 14.0 Å². The van der Waals surface area contributed by atoms with E-state index in [0.717, 1.165) is 18.7 Å². The zero-order valence-corrected chi connectivity index (χ0v) is 13.9. The lowest BCUT2D eigenvalue weighted by Crippen LogP contribution is -2.46. The molecule has 0 radical (unpaired) electrons. The van der Waals surface area contributed by atoms with Gasteiger partial charge in [0.1, 0.15) is 5.65 Å². The third-order valence-corrected chi connectivity index (χ3v) is 4.84. The highest BCUT2D eigenvalue weighted by molar-refractivity contribution is 5.93. The monoisotopic (exact) mass is 332 g/mol. The maximum Gasteiger partial charge on any atom is 0.277 e. The van der Waals surface area contributed by atoms with Gasteiger partial charge in [-0.3, -0.25) is 9.20 Å². The van der Waals surface area contributed by atoms with Crippen LogP contribution in [-0.2, 0) is 4.74 Å². The second kappa shape index (κ2) is 5.82. The number of nitrogens with zero attached hydrogens (tertiary/aromatic N) is 4. The summed E-state index contributed by atoms with van der Waals surface area (Å²) in [6.07, 6.45) is 1.61. The van der Waals surface area contributed by atoms with Crippen molar-refractivity contribution < 1.29 is 13.9 Å². The van der Waals surface area contributed by atoms with Crippen molar-refractivity contribution >= 4 is 11.6 Å². The molecule has 4 heterocycles. The Kier molecular flexibility index (Phi) is 3.77. The first-order chi connectivity index (χ1) is 11.5. The number of rotatable bonds is 1. The van der Waals surface area contributed by atoms with Crippen LogP contribution in [0.1, 0.15) is 16.1 Å². The maximum atomic E-state index is 14.7. The molecule has 2 fully saturated rings. The number of likely N-dealkylation sites (N-methyl/N-ethyl adjacent to an activating group) is 1. The quantitative estimate of drug-likeness (QED) is 0.787. The van der Waals surface area contributed by atoms with Gasteiger partial charge in [0, 0.05) is 31.7 Å². The van der Waals surface area contributed by atoms with Crippen LogP contribution in [0.2, 0.25) is 0 Å². The molecule has 2 aromatic rings. The van der Waals surface area contributed by atoms with E-state index >= 15 is 0 Å². The number of pyridine rings is 1. The van der Waals surface area contributed by atoms with Crippen LogP contribution in [0.25, 0.3) is 5.65 Å². The number of carbonyl (C=O) groups is 1. The van der Waals surface area contributed by atoms with Crippen LogP contribution in [0.5, 0.6) is 0 Å². The van der Waals surface area contributed by atoms with Gasteiger partial charge in [0.05, 0.1) is 19.3 Å². The highest BCUT2D eigenvalue weighted by Crippen LogP contribution is 2.22. The predicted octanol–water partition coefficient (Wildman–Crippen LogP) is 1.18. The third-order valence-electron chi connectivity index (χ3n) is 4.84. The van der Waals surface area contributed by atoms with E-state index in [2.05, 4.69) is 9.88 Å². The number of aryl methyl sites for hydroxylation is 1. The summed E-state index contributed by atoms with van der Waals surface area (Å²) in [6, 6.07) is 3.51. The molecule has 2 aromatic heterocycles. The molecule has 0 spiro atoms. The van der Waals surface area contributed by atoms with Crippen molar-refractivity contribution in [2.75, 3.05) is 39.9 Å². The number of carbonyl (C=O) groups excluding carboxylic acids is 1. The van der Waals surface area contributed by atoms with Gasteiger partial charge in [-0.2, -0.15) is 4.39 Å². The van der Waals surface area contributed by atoms with Crippen LogP contribution >= 0.6 is 0 Å². The molecular weight excluding hydrogens is 311 g/mol. The number of fused-ring (bicyclic) bond motifs is 4. The van der Waals surface area contributed by atoms with Gasteiger partial charge >= 0.3 is 0 Å². The topological polar surface area (TPSA) is 50.1 Å². The number of amides is 1. The van der Waals surface area contributed by atoms with Crippen LogP contribution in [0.3, 0.4) is 0 Å². The van der Waals surface area contributed by atoms with Crippen LogP contribution in [-0.4, -0.2) is 71.0 Å². The lowest BCUT2D eigenvalue weighted by atomic mass is 10.1. The average molecular weight is 332 g/mol. The summed E-state index contributed by atoms with van der Waals surface area (Å²) in [5.74, 6) is -0.693. The van der Waals surface area contributed by atoms with Crippen LogP contribution in [0.15, 0.2) is 18.3 Å². The van der Waals surface area contributed by atoms with Crippen molar-refractivity contribution in [1.29, 1.82) is 0 Å². The zero-order chi connectivity index (χ0) is 16.8. The Morgan fingerprint density at radius 2 is 2.17 bits per heavy atom. The first kappa shape index (κ1) is 15.5. The lowest BCUT2D eigenvalue weighted by Gasteiger charge is -2.29. The van der Waals surface area contributed by atoms with Crippen LogP contribution in [0.4, 0.5) is 4.39 Å². The van der Waals surface area contributed by atoms with Crippen molar-refractivity contribution in [3.63, 3.8) is 0 Å². The summed E-state index contributed by atoms with van der Waals surface area (Å²) in [6.45, 7) is 5.24. The number of aromatic nitrogens is 2. The fourth-order valence-corrected chi connectivity index (χ4v) is 3.71. The molecule has 2 bridgehead atoms. The van der Waals surface area contributed by atoms with Crippen molar-refractivity contribution in [2.24, 2.45) is 5.92 Å². The van der Waals surface area contributed by atoms with E-state index in [-0.39, 0.29) is 23.6 Å². The van der Waals surface area contributed by atoms with Crippen molar-refractivity contribution in [2.45, 2.75) is 13.0 Å². The van der Waals surface area contributed by atoms with Gasteiger partial charge in [0.2, 0.25) is 5.95 Å². The molecular formula is C17H21FN4O2. The number of ether oxygens (including phenoxy) is 1. The van der Waals surface area contributed by atoms with Gasteiger partial charge < -0.3 is 14.5 Å². The van der Waals surface area contributed by atoms with Gasteiger partial charge in [-0.05, 0) is 31.7 Å². The van der Waals surface area contributed by atoms with Crippen molar-refractivity contribution in [1.82, 2.24) is 19.2 Å². The normalized spacial score (nSPS) is 25.0. The minimum Gasteiger partial charge on any atom is -0.379 e. The number of halogens is 1. The van der Waals surface area contributed by atoms with E-state index < -0.39 is 5.95 Å². The van der Waals surface area contributed by atoms with Gasteiger partial charge in [0.15, 0.2) is 5.69 Å². The van der Waals surface area contributed by atoms with Crippen LogP contribution < -0.4 is 0 Å². The molecule has 1 amide bonds. The summed E-state index contributed by atoms with van der Waals surface area (Å²) < 4.78 is 21.7. The standard InChI is InChI=1S/C17H21FN4O2/c1-11-3-4-21-14(5-11)19-15(16(21)18)17(23)22-7-12-6-20(2)8-13(22)10-24-9-12/h3-5,12-13H,6-10H2,1-2H3/t12-,13-/m0/s1. The summed E-state index contributed by atoms with van der Waals surface area (Å²) >= 11 is 0. The second-order valence-electron chi connectivity index (χ2n) is 6.92. The Morgan fingerprint density at radius 3 is 3.00 bits per heavy atom. The molecule has 2 aliphatic rings. The molecule has 6 nitrogen and oxygen atoms in total. The largest absolute Gasteiger partial charge is 0.379 e. The second-order valence-corrected chi connectivity index (χ2v) is 6.92. The Morgan fingerprint density at radius 1 is 1.33 bits per heavy atom. The molecule has 2 aliphatic heterocycles. The van der Waals surface area contributed by atoms with E-state index in [0.29, 0.717) is 25.4 Å². The Hall–Kier alpha value is -1.99. The minimum absolute atomic E-state index is 0.0686. The fraction of sp³-hybridized carbons (Fsp3) is 0.529. The molecule has 24 heavy (non-hydrogen) atoms. The summed E-state index contributed by atoms with van der Waals surface area (Å²) in [7, 11) is 2.05. The Labute approximate surface area is 139 Å². The van der Waals surface area contributed by atoms with E-state index in [4.69, 9.17) is 4.74 Å². The highest BCUT2D eigenvalue weighted by atomic mass is 19.1. The van der Waals surface area contributed by atoms with E-state index in [1.54, 1.807) is 23.2 Å². The molecule has 0 aromatic carbocycles. The summed E-state index contributed by atoms with van der Waals surface area (Å²) in [5, 5.41) is 0. The predicted molar refractivity (Wildman–Crippen MR) is 86.5 cm³/mol. The summed E-state index contributed by atoms with van der Waals surface area (Å²) in [5.41, 5.74) is 1.34. The SMILES string of the molecule is Cc1ccn2c(F)c(C(=O)N3C[C@H]4COC[C@@H]3CN(C)C4)nc2c1. The van der Waals surface area contributed by atoms with E-state index in [9.17, 15) is 9.18 Å². The van der Waals surface area contributed by atoms with Crippen molar-refractivity contribution in [3.05, 3.63) is 35.5 Å². The lowest BCUT2D eigenvalue weighted by molar-refractivity contribution is 0.0478. The van der Waals surface area contributed by atoms with Gasteiger partial charge in [0.25, 0.3) is 5.91 Å². The Bertz CT molecular complexity index is 790. The third kappa shape index (κ3) is 2.57. The molecule has 0 aliphatic carbocycles. The highest BCUT2D eigenvalue weighted by Gasteiger charge is 2.37. The van der Waals surface area contributed by atoms with Gasteiger partial charge in [-0.1, -0.05) is 0 Å². The summed E-state index contributed by atoms with van der Waals surface area (Å²) in [4.78, 5) is 21.2. The number of hydrogen-bond donors (Lipinski definition) is 0. The number of imidazole rings is 1. The van der Waals surface area contributed by atoms with Gasteiger partial charge in [-0.15, -0.1) is 0 Å². The minimum atomic E-state index is -0.594. The molecule has 4 rings (SSSR count). The molecule has 7 heteroatoms. The van der Waals surface area contributed by atoms with E-state index in [1.165, 1.54) is 4.40 Å². The molecule has 2 saturated heterocycles. The van der Waals surface area contributed by atoms with Crippen molar-refractivity contribution in [3.8, 4) is 0 Å². The molecule has 2 atom stereocenters. The molecule has 0 saturated carbocycles. The first-order valence-corrected chi connectivity index (χ1v) is 8.24. The molecule has 128 valence electrons. The first-order valence-electron chi connectivity index (χ1n) is 8.24. The number of hydrogen-bond acceptors (Lipinski definition) is 4. The average Bonchev–Trinajstić information content (AvgIpc) is 2.67. The zero-order valence-electron chi connectivity index (χ0n) is 13.9. The molecule has 0 N–H and O–H groups in total. The smallest absolute Gasteiger partial charge is 0.277 e.